The number of halogens is 2. The third kappa shape index (κ3) is 5.25. The molecule has 2 aromatic carbocycles. The molecule has 3 rings (SSSR count). The Morgan fingerprint density at radius 3 is 2.42 bits per heavy atom. The van der Waals surface area contributed by atoms with E-state index < -0.39 is 29.2 Å². The molecule has 2 amide bonds. The third-order valence-electron chi connectivity index (χ3n) is 4.19. The van der Waals surface area contributed by atoms with Gasteiger partial charge in [0.05, 0.1) is 23.1 Å². The quantitative estimate of drug-likeness (QED) is 0.608. The van der Waals surface area contributed by atoms with E-state index in [0.717, 1.165) is 6.07 Å². The molecule has 1 aromatic heterocycles. The van der Waals surface area contributed by atoms with E-state index in [1.165, 1.54) is 29.1 Å². The zero-order valence-electron chi connectivity index (χ0n) is 17.5. The lowest BCUT2D eigenvalue weighted by molar-refractivity contribution is 0.0635. The number of ether oxygens (including phenoxy) is 1. The first-order valence-corrected chi connectivity index (χ1v) is 9.45. The molecule has 31 heavy (non-hydrogen) atoms. The number of hydrogen-bond donors (Lipinski definition) is 2. The van der Waals surface area contributed by atoms with Gasteiger partial charge in [-0.3, -0.25) is 10.1 Å². The Bertz CT molecular complexity index is 1140. The first-order chi connectivity index (χ1) is 14.5. The summed E-state index contributed by atoms with van der Waals surface area (Å²) in [7, 11) is 0. The van der Waals surface area contributed by atoms with E-state index in [-0.39, 0.29) is 22.6 Å². The van der Waals surface area contributed by atoms with Gasteiger partial charge < -0.3 is 10.1 Å². The molecule has 0 bridgehead atoms. The minimum Gasteiger partial charge on any atom is -0.444 e. The molecule has 9 heteroatoms. The van der Waals surface area contributed by atoms with Gasteiger partial charge in [0.1, 0.15) is 22.9 Å². The van der Waals surface area contributed by atoms with Crippen molar-refractivity contribution >= 4 is 23.4 Å². The molecule has 0 aliphatic carbocycles. The van der Waals surface area contributed by atoms with E-state index >= 15 is 0 Å². The Morgan fingerprint density at radius 1 is 1.03 bits per heavy atom. The number of rotatable bonds is 4. The van der Waals surface area contributed by atoms with Crippen LogP contribution in [0.5, 0.6) is 0 Å². The number of anilines is 2. The van der Waals surface area contributed by atoms with Crippen LogP contribution in [0.25, 0.3) is 5.69 Å². The van der Waals surface area contributed by atoms with Crippen LogP contribution in [0.1, 0.15) is 36.8 Å². The molecule has 0 spiro atoms. The lowest BCUT2D eigenvalue weighted by Crippen LogP contribution is -2.27. The Morgan fingerprint density at radius 2 is 1.74 bits per heavy atom. The fourth-order valence-corrected chi connectivity index (χ4v) is 2.81. The number of amides is 2. The number of benzene rings is 2. The normalized spacial score (nSPS) is 11.2. The van der Waals surface area contributed by atoms with Gasteiger partial charge in [-0.2, -0.15) is 5.10 Å². The SMILES string of the molecule is Cc1c(C(=O)Nc2ccc(F)c(NC(=O)OC(C)(C)C)c2)cnn1-c1ccccc1F. The van der Waals surface area contributed by atoms with Crippen molar-refractivity contribution in [3.63, 3.8) is 0 Å². The van der Waals surface area contributed by atoms with E-state index in [1.54, 1.807) is 45.9 Å². The molecule has 7 nitrogen and oxygen atoms in total. The molecule has 0 aliphatic rings. The Labute approximate surface area is 178 Å². The number of hydrogen-bond acceptors (Lipinski definition) is 4. The van der Waals surface area contributed by atoms with E-state index in [4.69, 9.17) is 4.74 Å². The maximum Gasteiger partial charge on any atom is 0.412 e. The topological polar surface area (TPSA) is 85.2 Å². The van der Waals surface area contributed by atoms with Crippen molar-refractivity contribution in [2.75, 3.05) is 10.6 Å². The summed E-state index contributed by atoms with van der Waals surface area (Å²) in [5, 5.41) is 9.04. The Hall–Kier alpha value is -3.75. The van der Waals surface area contributed by atoms with Crippen molar-refractivity contribution in [3.05, 3.63) is 71.6 Å². The molecule has 0 aliphatic heterocycles. The molecular formula is C22H22F2N4O3. The summed E-state index contributed by atoms with van der Waals surface area (Å²) in [4.78, 5) is 24.6. The average Bonchev–Trinajstić information content (AvgIpc) is 3.04. The van der Waals surface area contributed by atoms with Crippen LogP contribution in [-0.2, 0) is 4.74 Å². The number of aromatic nitrogens is 2. The van der Waals surface area contributed by atoms with Gasteiger partial charge in [-0.15, -0.1) is 0 Å². The van der Waals surface area contributed by atoms with Crippen LogP contribution < -0.4 is 10.6 Å². The van der Waals surface area contributed by atoms with E-state index in [0.29, 0.717) is 5.69 Å². The standard InChI is InChI=1S/C22H22F2N4O3/c1-13-15(12-25-28(13)19-8-6-5-7-17(19)24)20(29)26-14-9-10-16(23)18(11-14)27-21(30)31-22(2,3)4/h5-12H,1-4H3,(H,26,29)(H,27,30). The van der Waals surface area contributed by atoms with Gasteiger partial charge in [-0.1, -0.05) is 12.1 Å². The number of nitrogens with one attached hydrogen (secondary N) is 2. The highest BCUT2D eigenvalue weighted by molar-refractivity contribution is 6.05. The maximum absolute atomic E-state index is 14.1. The highest BCUT2D eigenvalue weighted by Gasteiger charge is 2.19. The number of carbonyl (C=O) groups excluding carboxylic acids is 2. The zero-order valence-corrected chi connectivity index (χ0v) is 17.5. The van der Waals surface area contributed by atoms with E-state index in [1.807, 2.05) is 0 Å². The summed E-state index contributed by atoms with van der Waals surface area (Å²) in [5.41, 5.74) is 0.208. The molecule has 0 saturated carbocycles. The van der Waals surface area contributed by atoms with Crippen molar-refractivity contribution in [1.82, 2.24) is 9.78 Å². The number of carbonyl (C=O) groups is 2. The second kappa shape index (κ2) is 8.55. The summed E-state index contributed by atoms with van der Waals surface area (Å²) in [6.45, 7) is 6.69. The van der Waals surface area contributed by atoms with Crippen molar-refractivity contribution in [2.24, 2.45) is 0 Å². The first kappa shape index (κ1) is 21.9. The molecule has 0 atom stereocenters. The molecule has 0 fully saturated rings. The molecule has 1 heterocycles. The van der Waals surface area contributed by atoms with Crippen LogP contribution in [-0.4, -0.2) is 27.4 Å². The maximum atomic E-state index is 14.1. The van der Waals surface area contributed by atoms with Gasteiger partial charge in [0.15, 0.2) is 0 Å². The second-order valence-corrected chi connectivity index (χ2v) is 7.78. The lowest BCUT2D eigenvalue weighted by atomic mass is 10.2. The first-order valence-electron chi connectivity index (χ1n) is 9.45. The Kier molecular flexibility index (Phi) is 6.05. The van der Waals surface area contributed by atoms with Crippen LogP contribution in [0.2, 0.25) is 0 Å². The summed E-state index contributed by atoms with van der Waals surface area (Å²) in [6.07, 6.45) is 0.498. The number of para-hydroxylation sites is 1. The van der Waals surface area contributed by atoms with Crippen LogP contribution >= 0.6 is 0 Å². The second-order valence-electron chi connectivity index (χ2n) is 7.78. The predicted octanol–water partition coefficient (Wildman–Crippen LogP) is 5.06. The predicted molar refractivity (Wildman–Crippen MR) is 112 cm³/mol. The monoisotopic (exact) mass is 428 g/mol. The fraction of sp³-hybridized carbons (Fsp3) is 0.227. The van der Waals surface area contributed by atoms with Gasteiger partial charge in [0.25, 0.3) is 5.91 Å². The van der Waals surface area contributed by atoms with Crippen molar-refractivity contribution < 1.29 is 23.1 Å². The number of nitrogens with zero attached hydrogens (tertiary/aromatic N) is 2. The van der Waals surface area contributed by atoms with Crippen LogP contribution in [0.4, 0.5) is 25.0 Å². The fourth-order valence-electron chi connectivity index (χ4n) is 2.81. The van der Waals surface area contributed by atoms with Crippen LogP contribution in [0.15, 0.2) is 48.7 Å². The molecule has 162 valence electrons. The highest BCUT2D eigenvalue weighted by Crippen LogP contribution is 2.23. The van der Waals surface area contributed by atoms with Gasteiger partial charge in [0, 0.05) is 5.69 Å². The highest BCUT2D eigenvalue weighted by atomic mass is 19.1. The van der Waals surface area contributed by atoms with E-state index in [2.05, 4.69) is 15.7 Å². The molecule has 0 radical (unpaired) electrons. The van der Waals surface area contributed by atoms with Gasteiger partial charge in [0.2, 0.25) is 0 Å². The average molecular weight is 428 g/mol. The molecule has 3 aromatic rings. The van der Waals surface area contributed by atoms with Crippen molar-refractivity contribution in [2.45, 2.75) is 33.3 Å². The zero-order chi connectivity index (χ0) is 22.8. The summed E-state index contributed by atoms with van der Waals surface area (Å²) in [6, 6.07) is 9.80. The van der Waals surface area contributed by atoms with Crippen molar-refractivity contribution in [1.29, 1.82) is 0 Å². The minimum atomic E-state index is -0.822. The summed E-state index contributed by atoms with van der Waals surface area (Å²) >= 11 is 0. The summed E-state index contributed by atoms with van der Waals surface area (Å²) in [5.74, 6) is -1.68. The smallest absolute Gasteiger partial charge is 0.412 e. The van der Waals surface area contributed by atoms with Gasteiger partial charge >= 0.3 is 6.09 Å². The molecule has 0 saturated heterocycles. The molecular weight excluding hydrogens is 406 g/mol. The van der Waals surface area contributed by atoms with Gasteiger partial charge in [-0.05, 0) is 58.0 Å². The van der Waals surface area contributed by atoms with Crippen LogP contribution in [0.3, 0.4) is 0 Å². The van der Waals surface area contributed by atoms with Crippen LogP contribution in [0, 0.1) is 18.6 Å². The molecule has 0 unspecified atom stereocenters. The van der Waals surface area contributed by atoms with E-state index in [9.17, 15) is 18.4 Å². The lowest BCUT2D eigenvalue weighted by Gasteiger charge is -2.20. The Balaban J connectivity index is 1.79. The molecule has 2 N–H and O–H groups in total. The largest absolute Gasteiger partial charge is 0.444 e. The third-order valence-corrected chi connectivity index (χ3v) is 4.19. The van der Waals surface area contributed by atoms with Gasteiger partial charge in [-0.25, -0.2) is 18.3 Å². The summed E-state index contributed by atoms with van der Waals surface area (Å²) < 4.78 is 34.6. The van der Waals surface area contributed by atoms with Crippen molar-refractivity contribution in [3.8, 4) is 5.69 Å². The minimum absolute atomic E-state index is 0.147.